The predicted octanol–water partition coefficient (Wildman–Crippen LogP) is 2.85. The number of carbonyl (C=O) groups is 1. The van der Waals surface area contributed by atoms with Crippen LogP contribution in [0.3, 0.4) is 0 Å². The van der Waals surface area contributed by atoms with Crippen molar-refractivity contribution in [3.05, 3.63) is 83.1 Å². The number of rotatable bonds is 7. The van der Waals surface area contributed by atoms with Crippen LogP contribution in [0.15, 0.2) is 66.4 Å². The maximum Gasteiger partial charge on any atom is 0.263 e. The van der Waals surface area contributed by atoms with Crippen LogP contribution in [0.25, 0.3) is 0 Å². The fourth-order valence-electron chi connectivity index (χ4n) is 2.29. The second-order valence-corrected chi connectivity index (χ2v) is 5.47. The molecule has 0 aromatic heterocycles. The molecular weight excluding hydrogens is 298 g/mol. The van der Waals surface area contributed by atoms with E-state index in [-0.39, 0.29) is 11.5 Å². The summed E-state index contributed by atoms with van der Waals surface area (Å²) in [7, 11) is 0. The van der Waals surface area contributed by atoms with Crippen molar-refractivity contribution in [3.8, 4) is 6.07 Å². The lowest BCUT2D eigenvalue weighted by molar-refractivity contribution is -0.117. The molecule has 0 radical (unpaired) electrons. The van der Waals surface area contributed by atoms with Gasteiger partial charge < -0.3 is 10.6 Å². The minimum atomic E-state index is -0.371. The minimum absolute atomic E-state index is 0.0794. The fraction of sp³-hybridized carbons (Fsp3) is 0.200. The van der Waals surface area contributed by atoms with E-state index >= 15 is 0 Å². The Labute approximate surface area is 142 Å². The van der Waals surface area contributed by atoms with E-state index in [9.17, 15) is 4.79 Å². The minimum Gasteiger partial charge on any atom is -0.389 e. The van der Waals surface area contributed by atoms with Gasteiger partial charge in [0.15, 0.2) is 0 Å². The lowest BCUT2D eigenvalue weighted by Crippen LogP contribution is -2.25. The molecule has 4 nitrogen and oxygen atoms in total. The lowest BCUT2D eigenvalue weighted by atomic mass is 10.1. The zero-order valence-electron chi connectivity index (χ0n) is 13.8. The summed E-state index contributed by atoms with van der Waals surface area (Å²) in [6, 6.07) is 19.7. The fourth-order valence-corrected chi connectivity index (χ4v) is 2.29. The third-order valence-corrected chi connectivity index (χ3v) is 3.71. The molecule has 0 aliphatic rings. The first-order valence-electron chi connectivity index (χ1n) is 7.91. The summed E-state index contributed by atoms with van der Waals surface area (Å²) in [5, 5.41) is 14.9. The van der Waals surface area contributed by atoms with Crippen LogP contribution in [-0.4, -0.2) is 12.5 Å². The zero-order chi connectivity index (χ0) is 17.2. The number of amides is 1. The highest BCUT2D eigenvalue weighted by molar-refractivity contribution is 5.97. The van der Waals surface area contributed by atoms with Crippen molar-refractivity contribution in [1.82, 2.24) is 10.6 Å². The van der Waals surface area contributed by atoms with Crippen molar-refractivity contribution in [3.63, 3.8) is 0 Å². The van der Waals surface area contributed by atoms with Gasteiger partial charge in [-0.3, -0.25) is 4.79 Å². The molecule has 0 fully saturated rings. The third-order valence-electron chi connectivity index (χ3n) is 3.71. The van der Waals surface area contributed by atoms with Crippen LogP contribution in [0.4, 0.5) is 0 Å². The summed E-state index contributed by atoms with van der Waals surface area (Å²) in [5.41, 5.74) is 3.57. The molecule has 0 bridgehead atoms. The molecule has 2 rings (SSSR count). The Kier molecular flexibility index (Phi) is 6.60. The van der Waals surface area contributed by atoms with Crippen molar-refractivity contribution in [2.45, 2.75) is 19.9 Å². The van der Waals surface area contributed by atoms with Gasteiger partial charge in [0.25, 0.3) is 5.91 Å². The Morgan fingerprint density at radius 1 is 1.12 bits per heavy atom. The Hall–Kier alpha value is -3.06. The second kappa shape index (κ2) is 9.16. The summed E-state index contributed by atoms with van der Waals surface area (Å²) in [4.78, 5) is 12.0. The van der Waals surface area contributed by atoms with Crippen LogP contribution in [-0.2, 0) is 17.8 Å². The number of nitrogens with zero attached hydrogens (tertiary/aromatic N) is 1. The molecule has 4 heteroatoms. The van der Waals surface area contributed by atoms with Crippen LogP contribution in [0.1, 0.15) is 16.7 Å². The Balaban J connectivity index is 1.81. The predicted molar refractivity (Wildman–Crippen MR) is 94.9 cm³/mol. The van der Waals surface area contributed by atoms with E-state index in [2.05, 4.69) is 29.7 Å². The van der Waals surface area contributed by atoms with Gasteiger partial charge in [0.05, 0.1) is 0 Å². The van der Waals surface area contributed by atoms with Crippen molar-refractivity contribution in [2.24, 2.45) is 0 Å². The van der Waals surface area contributed by atoms with Crippen LogP contribution in [0.5, 0.6) is 0 Å². The molecule has 0 heterocycles. The SMILES string of the molecule is Cc1ccccc1CCN/C=C(/C#N)C(=O)NCc1ccccc1. The highest BCUT2D eigenvalue weighted by atomic mass is 16.1. The smallest absolute Gasteiger partial charge is 0.263 e. The van der Waals surface area contributed by atoms with Crippen LogP contribution < -0.4 is 10.6 Å². The van der Waals surface area contributed by atoms with Crippen LogP contribution in [0, 0.1) is 18.3 Å². The molecule has 2 aromatic rings. The molecule has 0 saturated carbocycles. The topological polar surface area (TPSA) is 64.9 Å². The van der Waals surface area contributed by atoms with Crippen molar-refractivity contribution in [2.75, 3.05) is 6.54 Å². The molecular formula is C20H21N3O. The van der Waals surface area contributed by atoms with E-state index in [0.29, 0.717) is 13.1 Å². The zero-order valence-corrected chi connectivity index (χ0v) is 13.8. The molecule has 0 aliphatic heterocycles. The quantitative estimate of drug-likeness (QED) is 0.468. The first-order valence-corrected chi connectivity index (χ1v) is 7.91. The summed E-state index contributed by atoms with van der Waals surface area (Å²) >= 11 is 0. The van der Waals surface area contributed by atoms with Crippen LogP contribution >= 0.6 is 0 Å². The highest BCUT2D eigenvalue weighted by Crippen LogP contribution is 2.06. The second-order valence-electron chi connectivity index (χ2n) is 5.47. The van der Waals surface area contributed by atoms with Gasteiger partial charge in [-0.1, -0.05) is 54.6 Å². The Morgan fingerprint density at radius 3 is 2.54 bits per heavy atom. The molecule has 0 aliphatic carbocycles. The number of hydrogen-bond donors (Lipinski definition) is 2. The number of nitrogens with one attached hydrogen (secondary N) is 2. The van der Waals surface area contributed by atoms with Crippen molar-refractivity contribution >= 4 is 5.91 Å². The first-order chi connectivity index (χ1) is 11.7. The maximum absolute atomic E-state index is 12.0. The Morgan fingerprint density at radius 2 is 1.83 bits per heavy atom. The summed E-state index contributed by atoms with van der Waals surface area (Å²) in [6.45, 7) is 3.15. The van der Waals surface area contributed by atoms with E-state index in [1.165, 1.54) is 17.3 Å². The van der Waals surface area contributed by atoms with Gasteiger partial charge >= 0.3 is 0 Å². The van der Waals surface area contributed by atoms with Gasteiger partial charge in [-0.25, -0.2) is 0 Å². The lowest BCUT2D eigenvalue weighted by Gasteiger charge is -2.07. The van der Waals surface area contributed by atoms with E-state index < -0.39 is 0 Å². The molecule has 0 spiro atoms. The van der Waals surface area contributed by atoms with Gasteiger partial charge in [0.2, 0.25) is 0 Å². The molecule has 2 N–H and O–H groups in total. The summed E-state index contributed by atoms with van der Waals surface area (Å²) in [6.07, 6.45) is 2.33. The summed E-state index contributed by atoms with van der Waals surface area (Å²) in [5.74, 6) is -0.371. The van der Waals surface area contributed by atoms with E-state index in [4.69, 9.17) is 5.26 Å². The van der Waals surface area contributed by atoms with Gasteiger partial charge in [0.1, 0.15) is 11.6 Å². The number of hydrogen-bond acceptors (Lipinski definition) is 3. The molecule has 2 aromatic carbocycles. The number of benzene rings is 2. The molecule has 24 heavy (non-hydrogen) atoms. The van der Waals surface area contributed by atoms with E-state index in [1.54, 1.807) is 0 Å². The monoisotopic (exact) mass is 319 g/mol. The molecule has 0 unspecified atom stereocenters. The van der Waals surface area contributed by atoms with Gasteiger partial charge in [-0.05, 0) is 30.0 Å². The van der Waals surface area contributed by atoms with Gasteiger partial charge in [-0.15, -0.1) is 0 Å². The average Bonchev–Trinajstić information content (AvgIpc) is 2.62. The molecule has 0 saturated heterocycles. The molecule has 0 atom stereocenters. The standard InChI is InChI=1S/C20H21N3O/c1-16-7-5-6-10-18(16)11-12-22-15-19(13-21)20(24)23-14-17-8-3-2-4-9-17/h2-10,15,22H,11-12,14H2,1H3,(H,23,24)/b19-15-. The Bertz CT molecular complexity index is 745. The largest absolute Gasteiger partial charge is 0.389 e. The van der Waals surface area contributed by atoms with E-state index in [1.807, 2.05) is 48.5 Å². The first kappa shape index (κ1) is 17.3. The van der Waals surface area contributed by atoms with E-state index in [0.717, 1.165) is 12.0 Å². The molecule has 122 valence electrons. The van der Waals surface area contributed by atoms with Crippen molar-refractivity contribution < 1.29 is 4.79 Å². The third kappa shape index (κ3) is 5.29. The maximum atomic E-state index is 12.0. The van der Waals surface area contributed by atoms with Crippen LogP contribution in [0.2, 0.25) is 0 Å². The molecule has 1 amide bonds. The number of carbonyl (C=O) groups excluding carboxylic acids is 1. The van der Waals surface area contributed by atoms with Gasteiger partial charge in [0, 0.05) is 19.3 Å². The van der Waals surface area contributed by atoms with Gasteiger partial charge in [-0.2, -0.15) is 5.26 Å². The average molecular weight is 319 g/mol. The number of nitriles is 1. The number of aryl methyl sites for hydroxylation is 1. The highest BCUT2D eigenvalue weighted by Gasteiger charge is 2.08. The van der Waals surface area contributed by atoms with Crippen molar-refractivity contribution in [1.29, 1.82) is 5.26 Å². The normalized spacial score (nSPS) is 10.8. The summed E-state index contributed by atoms with van der Waals surface area (Å²) < 4.78 is 0.